The largest absolute Gasteiger partial charge is 0.416 e. The Labute approximate surface area is 110 Å². The summed E-state index contributed by atoms with van der Waals surface area (Å²) >= 11 is 0. The summed E-state index contributed by atoms with van der Waals surface area (Å²) in [6, 6.07) is 2.12. The Bertz CT molecular complexity index is 524. The van der Waals surface area contributed by atoms with E-state index in [2.05, 4.69) is 11.6 Å². The summed E-state index contributed by atoms with van der Waals surface area (Å²) in [7, 11) is 0. The Kier molecular flexibility index (Phi) is 4.39. The summed E-state index contributed by atoms with van der Waals surface area (Å²) < 4.78 is 38.5. The number of alkyl halides is 3. The molecule has 0 bridgehead atoms. The fourth-order valence-corrected chi connectivity index (χ4v) is 1.73. The van der Waals surface area contributed by atoms with Gasteiger partial charge >= 0.3 is 6.18 Å². The predicted molar refractivity (Wildman–Crippen MR) is 72.5 cm³/mol. The highest BCUT2D eigenvalue weighted by atomic mass is 19.4. The van der Waals surface area contributed by atoms with Crippen molar-refractivity contribution in [2.75, 3.05) is 0 Å². The van der Waals surface area contributed by atoms with Gasteiger partial charge in [0.25, 0.3) is 0 Å². The van der Waals surface area contributed by atoms with Crippen LogP contribution in [0.5, 0.6) is 0 Å². The van der Waals surface area contributed by atoms with Crippen molar-refractivity contribution in [2.45, 2.75) is 33.4 Å². The average molecular weight is 270 g/mol. The van der Waals surface area contributed by atoms with E-state index >= 15 is 0 Å². The Morgan fingerprint density at radius 1 is 1.32 bits per heavy atom. The van der Waals surface area contributed by atoms with Crippen LogP contribution in [0.15, 0.2) is 23.7 Å². The van der Waals surface area contributed by atoms with Gasteiger partial charge in [-0.25, -0.2) is 0 Å². The number of aliphatic imine (C=N–C) groups is 1. The molecule has 0 aromatic heterocycles. The molecule has 1 rings (SSSR count). The van der Waals surface area contributed by atoms with E-state index in [-0.39, 0.29) is 11.3 Å². The molecule has 0 spiro atoms. The van der Waals surface area contributed by atoms with Crippen LogP contribution in [0.4, 0.5) is 18.9 Å². The van der Waals surface area contributed by atoms with Crippen LogP contribution in [0.2, 0.25) is 0 Å². The van der Waals surface area contributed by atoms with Gasteiger partial charge in [0.1, 0.15) is 0 Å². The number of rotatable bonds is 3. The van der Waals surface area contributed by atoms with Crippen LogP contribution in [0.25, 0.3) is 5.70 Å². The van der Waals surface area contributed by atoms with E-state index in [9.17, 15) is 13.2 Å². The van der Waals surface area contributed by atoms with Crippen LogP contribution in [0, 0.1) is 0 Å². The molecule has 2 nitrogen and oxygen atoms in total. The minimum atomic E-state index is -4.41. The minimum absolute atomic E-state index is 0.0841. The molecule has 0 aliphatic carbocycles. The molecule has 0 aliphatic heterocycles. The molecular weight excluding hydrogens is 253 g/mol. The smallest absolute Gasteiger partial charge is 0.399 e. The second kappa shape index (κ2) is 5.47. The SMILES string of the molecule is C=C(N)c1cc(C(F)(F)F)cc(CC)c1N=C(C)C. The number of nitrogens with two attached hydrogens (primary N) is 1. The quantitative estimate of drug-likeness (QED) is 0.817. The minimum Gasteiger partial charge on any atom is -0.399 e. The van der Waals surface area contributed by atoms with E-state index in [1.807, 2.05) is 0 Å². The zero-order valence-corrected chi connectivity index (χ0v) is 11.2. The maximum Gasteiger partial charge on any atom is 0.416 e. The van der Waals surface area contributed by atoms with Gasteiger partial charge in [0.15, 0.2) is 0 Å². The Morgan fingerprint density at radius 2 is 1.89 bits per heavy atom. The Hall–Kier alpha value is -1.78. The fourth-order valence-electron chi connectivity index (χ4n) is 1.73. The van der Waals surface area contributed by atoms with Crippen molar-refractivity contribution in [2.24, 2.45) is 10.7 Å². The summed E-state index contributed by atoms with van der Waals surface area (Å²) in [5.74, 6) is 0. The van der Waals surface area contributed by atoms with Gasteiger partial charge in [0.2, 0.25) is 0 Å². The van der Waals surface area contributed by atoms with Crippen molar-refractivity contribution in [1.29, 1.82) is 0 Å². The lowest BCUT2D eigenvalue weighted by atomic mass is 9.99. The van der Waals surface area contributed by atoms with Crippen LogP contribution in [0.1, 0.15) is 37.5 Å². The van der Waals surface area contributed by atoms with Crippen molar-refractivity contribution in [3.05, 3.63) is 35.4 Å². The monoisotopic (exact) mass is 270 g/mol. The van der Waals surface area contributed by atoms with Crippen molar-refractivity contribution < 1.29 is 13.2 Å². The van der Waals surface area contributed by atoms with E-state index < -0.39 is 11.7 Å². The van der Waals surface area contributed by atoms with Gasteiger partial charge in [0, 0.05) is 17.0 Å². The second-order valence-electron chi connectivity index (χ2n) is 4.47. The van der Waals surface area contributed by atoms with Crippen molar-refractivity contribution in [3.63, 3.8) is 0 Å². The van der Waals surface area contributed by atoms with E-state index in [4.69, 9.17) is 5.73 Å². The van der Waals surface area contributed by atoms with Gasteiger partial charge in [-0.2, -0.15) is 13.2 Å². The molecule has 104 valence electrons. The summed E-state index contributed by atoms with van der Waals surface area (Å²) in [5.41, 5.74) is 6.93. The van der Waals surface area contributed by atoms with E-state index in [0.717, 1.165) is 17.8 Å². The van der Waals surface area contributed by atoms with Gasteiger partial charge in [-0.15, -0.1) is 0 Å². The Morgan fingerprint density at radius 3 is 2.26 bits per heavy atom. The topological polar surface area (TPSA) is 38.4 Å². The van der Waals surface area contributed by atoms with Gasteiger partial charge in [-0.3, -0.25) is 4.99 Å². The first-order chi connectivity index (χ1) is 8.66. The molecular formula is C14H17F3N2. The fraction of sp³-hybridized carbons (Fsp3) is 0.357. The first-order valence-electron chi connectivity index (χ1n) is 5.87. The van der Waals surface area contributed by atoms with Gasteiger partial charge in [-0.1, -0.05) is 13.5 Å². The zero-order valence-electron chi connectivity index (χ0n) is 11.2. The number of hydrogen-bond acceptors (Lipinski definition) is 2. The third kappa shape index (κ3) is 3.59. The van der Waals surface area contributed by atoms with E-state index in [1.165, 1.54) is 0 Å². The summed E-state index contributed by atoms with van der Waals surface area (Å²) in [6.07, 6.45) is -3.96. The maximum atomic E-state index is 12.8. The molecule has 0 fully saturated rings. The lowest BCUT2D eigenvalue weighted by Gasteiger charge is -2.15. The lowest BCUT2D eigenvalue weighted by Crippen LogP contribution is -2.08. The molecule has 19 heavy (non-hydrogen) atoms. The van der Waals surface area contributed by atoms with Crippen LogP contribution >= 0.6 is 0 Å². The highest BCUT2D eigenvalue weighted by Crippen LogP contribution is 2.37. The van der Waals surface area contributed by atoms with Gasteiger partial charge in [0.05, 0.1) is 11.3 Å². The third-order valence-electron chi connectivity index (χ3n) is 2.58. The van der Waals surface area contributed by atoms with Crippen LogP contribution in [-0.4, -0.2) is 5.71 Å². The van der Waals surface area contributed by atoms with Crippen molar-refractivity contribution >= 4 is 17.1 Å². The van der Waals surface area contributed by atoms with E-state index in [0.29, 0.717) is 17.7 Å². The number of hydrogen-bond donors (Lipinski definition) is 1. The molecule has 0 saturated heterocycles. The summed E-state index contributed by atoms with van der Waals surface area (Å²) in [5, 5.41) is 0. The van der Waals surface area contributed by atoms with Crippen LogP contribution in [0.3, 0.4) is 0 Å². The van der Waals surface area contributed by atoms with Crippen molar-refractivity contribution in [1.82, 2.24) is 0 Å². The molecule has 0 atom stereocenters. The molecule has 0 heterocycles. The number of aryl methyl sites for hydroxylation is 1. The van der Waals surface area contributed by atoms with Gasteiger partial charge < -0.3 is 5.73 Å². The molecule has 5 heteroatoms. The normalized spacial score (nSPS) is 11.3. The molecule has 0 amide bonds. The summed E-state index contributed by atoms with van der Waals surface area (Å²) in [4.78, 5) is 4.28. The van der Waals surface area contributed by atoms with E-state index in [1.54, 1.807) is 20.8 Å². The first-order valence-corrected chi connectivity index (χ1v) is 5.87. The maximum absolute atomic E-state index is 12.8. The molecule has 0 unspecified atom stereocenters. The number of halogens is 3. The molecule has 2 N–H and O–H groups in total. The Balaban J connectivity index is 3.63. The summed E-state index contributed by atoms with van der Waals surface area (Å²) in [6.45, 7) is 8.87. The molecule has 0 radical (unpaired) electrons. The molecule has 1 aromatic carbocycles. The lowest BCUT2D eigenvalue weighted by molar-refractivity contribution is -0.137. The van der Waals surface area contributed by atoms with Gasteiger partial charge in [-0.05, 0) is 38.0 Å². The van der Waals surface area contributed by atoms with Crippen LogP contribution < -0.4 is 5.73 Å². The average Bonchev–Trinajstić information content (AvgIpc) is 2.26. The van der Waals surface area contributed by atoms with Crippen LogP contribution in [-0.2, 0) is 12.6 Å². The first kappa shape index (κ1) is 15.3. The standard InChI is InChI=1S/C14H17F3N2/c1-5-10-6-11(14(15,16)17)7-12(9(4)18)13(10)19-8(2)3/h6-7H,4-5,18H2,1-3H3. The molecule has 1 aromatic rings. The number of nitrogens with zero attached hydrogens (tertiary/aromatic N) is 1. The molecule has 0 saturated carbocycles. The number of benzene rings is 1. The third-order valence-corrected chi connectivity index (χ3v) is 2.58. The highest BCUT2D eigenvalue weighted by molar-refractivity contribution is 5.86. The second-order valence-corrected chi connectivity index (χ2v) is 4.47. The highest BCUT2D eigenvalue weighted by Gasteiger charge is 2.32. The molecule has 0 aliphatic rings. The predicted octanol–water partition coefficient (Wildman–Crippen LogP) is 4.31. The van der Waals surface area contributed by atoms with Crippen molar-refractivity contribution in [3.8, 4) is 0 Å². The zero-order chi connectivity index (χ0) is 14.8.